The number of fused-ring (bicyclic) bond motifs is 2. The third-order valence-corrected chi connectivity index (χ3v) is 9.31. The Hall–Kier alpha value is -1.49. The second kappa shape index (κ2) is 13.9. The van der Waals surface area contributed by atoms with E-state index in [1.165, 1.54) is 150 Å². The normalized spacial score (nSPS) is 18.4. The number of piperidine rings is 2. The third-order valence-electron chi connectivity index (χ3n) is 8.23. The third kappa shape index (κ3) is 7.76. The maximum Gasteiger partial charge on any atom is 0.141 e. The number of hydrogen-bond acceptors (Lipinski definition) is 4. The topological polar surface area (TPSA) is 15.7 Å². The molecule has 2 aromatic carbocycles. The zero-order valence-corrected chi connectivity index (χ0v) is 23.1. The van der Waals surface area contributed by atoms with E-state index in [4.69, 9.17) is 4.74 Å². The van der Waals surface area contributed by atoms with Crippen molar-refractivity contribution in [3.63, 3.8) is 0 Å². The summed E-state index contributed by atoms with van der Waals surface area (Å²) in [5.41, 5.74) is 2.91. The second-order valence-electron chi connectivity index (χ2n) is 11.2. The molecule has 2 aromatic rings. The van der Waals surface area contributed by atoms with Gasteiger partial charge in [0.25, 0.3) is 0 Å². The van der Waals surface area contributed by atoms with Crippen LogP contribution in [0.4, 0.5) is 0 Å². The molecule has 0 N–H and O–H groups in total. The summed E-state index contributed by atoms with van der Waals surface area (Å²) in [6.07, 6.45) is 18.8. The molecule has 0 amide bonds. The summed E-state index contributed by atoms with van der Waals surface area (Å²) >= 11 is 1.90. The fourth-order valence-corrected chi connectivity index (χ4v) is 7.11. The van der Waals surface area contributed by atoms with E-state index in [2.05, 4.69) is 46.2 Å². The molecule has 0 aliphatic carbocycles. The van der Waals surface area contributed by atoms with E-state index in [0.717, 1.165) is 11.5 Å². The van der Waals surface area contributed by atoms with Crippen molar-refractivity contribution in [1.82, 2.24) is 9.80 Å². The van der Waals surface area contributed by atoms with E-state index in [9.17, 15) is 0 Å². The first-order valence-corrected chi connectivity index (χ1v) is 15.7. The Morgan fingerprint density at radius 1 is 0.556 bits per heavy atom. The minimum absolute atomic E-state index is 1.02. The summed E-state index contributed by atoms with van der Waals surface area (Å²) in [5, 5.41) is 0. The first kappa shape index (κ1) is 26.1. The summed E-state index contributed by atoms with van der Waals surface area (Å²) in [5.74, 6) is 2.04. The van der Waals surface area contributed by atoms with Crippen molar-refractivity contribution in [3.05, 3.63) is 47.5 Å². The lowest BCUT2D eigenvalue weighted by atomic mass is 10.1. The Balaban J connectivity index is 1.04. The lowest BCUT2D eigenvalue weighted by Gasteiger charge is -2.26. The molecule has 3 nitrogen and oxygen atoms in total. The molecule has 2 fully saturated rings. The van der Waals surface area contributed by atoms with Gasteiger partial charge in [-0.25, -0.2) is 0 Å². The minimum Gasteiger partial charge on any atom is -0.455 e. The van der Waals surface area contributed by atoms with Crippen LogP contribution < -0.4 is 4.74 Å². The molecule has 0 bridgehead atoms. The number of aryl methyl sites for hydroxylation is 2. The van der Waals surface area contributed by atoms with Crippen molar-refractivity contribution in [1.29, 1.82) is 0 Å². The van der Waals surface area contributed by atoms with Crippen molar-refractivity contribution >= 4 is 11.8 Å². The summed E-state index contributed by atoms with van der Waals surface area (Å²) in [6.45, 7) is 7.89. The van der Waals surface area contributed by atoms with Crippen LogP contribution in [0.1, 0.15) is 88.2 Å². The number of nitrogens with zero attached hydrogens (tertiary/aromatic N) is 2. The van der Waals surface area contributed by atoms with E-state index in [-0.39, 0.29) is 0 Å². The van der Waals surface area contributed by atoms with E-state index in [0.29, 0.717) is 0 Å². The van der Waals surface area contributed by atoms with E-state index >= 15 is 0 Å². The Morgan fingerprint density at radius 3 is 1.50 bits per heavy atom. The van der Waals surface area contributed by atoms with Gasteiger partial charge >= 0.3 is 0 Å². The van der Waals surface area contributed by atoms with Crippen LogP contribution >= 0.6 is 11.8 Å². The molecule has 3 aliphatic heterocycles. The molecule has 0 radical (unpaired) electrons. The molecule has 4 heteroatoms. The fraction of sp³-hybridized carbons (Fsp3) is 0.625. The maximum atomic E-state index is 6.28. The Morgan fingerprint density at radius 2 is 1.03 bits per heavy atom. The fourth-order valence-electron chi connectivity index (χ4n) is 6.03. The molecule has 3 aliphatic rings. The summed E-state index contributed by atoms with van der Waals surface area (Å²) in [7, 11) is 0. The number of hydrogen-bond donors (Lipinski definition) is 0. The van der Waals surface area contributed by atoms with Crippen molar-refractivity contribution in [2.75, 3.05) is 39.3 Å². The van der Waals surface area contributed by atoms with Crippen LogP contribution in [0.5, 0.6) is 11.5 Å². The molecule has 0 aromatic heterocycles. The van der Waals surface area contributed by atoms with Gasteiger partial charge in [-0.3, -0.25) is 0 Å². The molecule has 36 heavy (non-hydrogen) atoms. The summed E-state index contributed by atoms with van der Waals surface area (Å²) < 4.78 is 6.28. The molecule has 3 heterocycles. The molecular weight excluding hydrogens is 460 g/mol. The number of unbranched alkanes of at least 4 members (excludes halogenated alkanes) is 4. The van der Waals surface area contributed by atoms with Crippen molar-refractivity contribution < 1.29 is 4.74 Å². The first-order chi connectivity index (χ1) is 17.8. The van der Waals surface area contributed by atoms with Crippen LogP contribution in [-0.4, -0.2) is 49.1 Å². The molecule has 0 saturated carbocycles. The zero-order chi connectivity index (χ0) is 24.4. The van der Waals surface area contributed by atoms with Crippen LogP contribution in [0.15, 0.2) is 46.2 Å². The van der Waals surface area contributed by atoms with Crippen LogP contribution in [0, 0.1) is 0 Å². The average Bonchev–Trinajstić information content (AvgIpc) is 2.92. The smallest absolute Gasteiger partial charge is 0.141 e. The van der Waals surface area contributed by atoms with Crippen LogP contribution in [0.25, 0.3) is 0 Å². The second-order valence-corrected chi connectivity index (χ2v) is 12.3. The summed E-state index contributed by atoms with van der Waals surface area (Å²) in [4.78, 5) is 7.90. The standard InChI is InChI=1S/C32H46N2OS/c1(7-19-33-21-9-3-10-22-33)5-13-27-15-17-29-31(25-27)36-32-26-28(16-18-30(32)35-29)14-6-2-8-20-34-23-11-4-12-24-34/h15-18,25-26H,1-14,19-24H2. The number of benzene rings is 2. The van der Waals surface area contributed by atoms with Crippen molar-refractivity contribution in [2.45, 2.75) is 99.7 Å². The molecule has 0 unspecified atom stereocenters. The Kier molecular flexibility index (Phi) is 10.1. The summed E-state index contributed by atoms with van der Waals surface area (Å²) in [6, 6.07) is 13.7. The Bertz CT molecular complexity index is 874. The van der Waals surface area contributed by atoms with Gasteiger partial charge in [-0.1, -0.05) is 49.6 Å². The van der Waals surface area contributed by atoms with Crippen molar-refractivity contribution in [2.24, 2.45) is 0 Å². The van der Waals surface area contributed by atoms with Gasteiger partial charge in [0.1, 0.15) is 11.5 Å². The molecule has 5 rings (SSSR count). The predicted octanol–water partition coefficient (Wildman–Crippen LogP) is 8.34. The maximum absolute atomic E-state index is 6.28. The number of ether oxygens (including phenoxy) is 1. The van der Waals surface area contributed by atoms with Gasteiger partial charge in [-0.2, -0.15) is 0 Å². The monoisotopic (exact) mass is 506 g/mol. The highest BCUT2D eigenvalue weighted by Gasteiger charge is 2.19. The van der Waals surface area contributed by atoms with Crippen LogP contribution in [0.3, 0.4) is 0 Å². The predicted molar refractivity (Wildman–Crippen MR) is 153 cm³/mol. The van der Waals surface area contributed by atoms with Gasteiger partial charge in [0.15, 0.2) is 0 Å². The molecule has 2 saturated heterocycles. The largest absolute Gasteiger partial charge is 0.455 e. The highest BCUT2D eigenvalue weighted by molar-refractivity contribution is 7.99. The average molecular weight is 507 g/mol. The highest BCUT2D eigenvalue weighted by Crippen LogP contribution is 2.47. The van der Waals surface area contributed by atoms with Gasteiger partial charge in [0.2, 0.25) is 0 Å². The van der Waals surface area contributed by atoms with Gasteiger partial charge in [-0.05, 0) is 139 Å². The Labute approximate surface area is 224 Å². The van der Waals surface area contributed by atoms with Gasteiger partial charge in [0, 0.05) is 0 Å². The van der Waals surface area contributed by atoms with E-state index in [1.807, 2.05) is 11.8 Å². The molecular formula is C32H46N2OS. The van der Waals surface area contributed by atoms with Gasteiger partial charge in [-0.15, -0.1) is 0 Å². The van der Waals surface area contributed by atoms with Crippen LogP contribution in [0.2, 0.25) is 0 Å². The lowest BCUT2D eigenvalue weighted by Crippen LogP contribution is -2.30. The number of likely N-dealkylation sites (tertiary alicyclic amines) is 2. The zero-order valence-electron chi connectivity index (χ0n) is 22.3. The van der Waals surface area contributed by atoms with Gasteiger partial charge < -0.3 is 14.5 Å². The van der Waals surface area contributed by atoms with Crippen molar-refractivity contribution in [3.8, 4) is 11.5 Å². The van der Waals surface area contributed by atoms with Crippen LogP contribution in [-0.2, 0) is 12.8 Å². The van der Waals surface area contributed by atoms with E-state index in [1.54, 1.807) is 0 Å². The number of rotatable bonds is 12. The minimum atomic E-state index is 1.02. The lowest BCUT2D eigenvalue weighted by molar-refractivity contribution is 0.224. The molecule has 0 spiro atoms. The molecule has 0 atom stereocenters. The SMILES string of the molecule is c1cc2c(cc1CCCCCN1CCCCC1)Sc1cc(CCCCCN3CCCCC3)ccc1O2. The van der Waals surface area contributed by atoms with Gasteiger partial charge in [0.05, 0.1) is 9.79 Å². The first-order valence-electron chi connectivity index (χ1n) is 14.9. The highest BCUT2D eigenvalue weighted by atomic mass is 32.2. The molecule has 196 valence electrons. The quantitative estimate of drug-likeness (QED) is 0.229. The van der Waals surface area contributed by atoms with E-state index < -0.39 is 0 Å².